The molecule has 26 heavy (non-hydrogen) atoms. The van der Waals surface area contributed by atoms with Crippen LogP contribution in [0.3, 0.4) is 0 Å². The fourth-order valence-corrected chi connectivity index (χ4v) is 3.69. The van der Waals surface area contributed by atoms with Crippen molar-refractivity contribution in [3.63, 3.8) is 0 Å². The first-order valence-electron chi connectivity index (χ1n) is 8.96. The molecule has 148 valence electrons. The summed E-state index contributed by atoms with van der Waals surface area (Å²) in [4.78, 5) is 4.72. The van der Waals surface area contributed by atoms with E-state index in [1.165, 1.54) is 19.3 Å². The number of nitrogens with zero attached hydrogens (tertiary/aromatic N) is 1. The molecule has 2 N–H and O–H groups in total. The second-order valence-electron chi connectivity index (χ2n) is 6.61. The van der Waals surface area contributed by atoms with Gasteiger partial charge in [0.15, 0.2) is 5.96 Å². The number of halogens is 2. The van der Waals surface area contributed by atoms with Gasteiger partial charge in [-0.3, -0.25) is 0 Å². The van der Waals surface area contributed by atoms with Gasteiger partial charge in [-0.05, 0) is 65.2 Å². The highest BCUT2D eigenvalue weighted by atomic mass is 127. The van der Waals surface area contributed by atoms with Crippen molar-refractivity contribution in [1.82, 2.24) is 10.6 Å². The van der Waals surface area contributed by atoms with E-state index in [1.54, 1.807) is 14.2 Å². The van der Waals surface area contributed by atoms with Crippen LogP contribution in [0, 0.1) is 5.41 Å². The summed E-state index contributed by atoms with van der Waals surface area (Å²) in [6, 6.07) is 6.06. The maximum absolute atomic E-state index is 5.27. The van der Waals surface area contributed by atoms with Crippen LogP contribution in [0.25, 0.3) is 0 Å². The van der Waals surface area contributed by atoms with Crippen LogP contribution >= 0.6 is 39.9 Å². The molecule has 0 atom stereocenters. The lowest BCUT2D eigenvalue weighted by Crippen LogP contribution is -2.46. The average molecular weight is 540 g/mol. The number of benzene rings is 1. The van der Waals surface area contributed by atoms with Crippen LogP contribution < -0.4 is 15.4 Å². The smallest absolute Gasteiger partial charge is 0.191 e. The van der Waals surface area contributed by atoms with Crippen molar-refractivity contribution in [3.8, 4) is 5.75 Å². The predicted octanol–water partition coefficient (Wildman–Crippen LogP) is 4.34. The molecule has 1 fully saturated rings. The lowest BCUT2D eigenvalue weighted by molar-refractivity contribution is 0.0732. The van der Waals surface area contributed by atoms with Crippen LogP contribution in [0.5, 0.6) is 5.75 Å². The Morgan fingerprint density at radius 3 is 2.58 bits per heavy atom. The second kappa shape index (κ2) is 12.0. The summed E-state index contributed by atoms with van der Waals surface area (Å²) in [6.07, 6.45) is 4.97. The van der Waals surface area contributed by atoms with Crippen LogP contribution in [0.15, 0.2) is 27.7 Å². The number of rotatable bonds is 9. The molecule has 0 radical (unpaired) electrons. The molecule has 1 aliphatic rings. The third kappa shape index (κ3) is 6.88. The van der Waals surface area contributed by atoms with Crippen molar-refractivity contribution in [2.45, 2.75) is 39.2 Å². The quantitative estimate of drug-likeness (QED) is 0.278. The first-order chi connectivity index (χ1) is 12.1. The van der Waals surface area contributed by atoms with E-state index in [-0.39, 0.29) is 24.0 Å². The SMILES string of the molecule is CCNC(=NCc1ccc(OC)c(Br)c1)NCC1(CCOC)CCC1.I. The van der Waals surface area contributed by atoms with Gasteiger partial charge in [0.05, 0.1) is 18.1 Å². The number of ether oxygens (including phenoxy) is 2. The summed E-state index contributed by atoms with van der Waals surface area (Å²) in [5, 5.41) is 6.86. The Bertz CT molecular complexity index is 580. The van der Waals surface area contributed by atoms with Crippen LogP contribution in [-0.2, 0) is 11.3 Å². The first-order valence-corrected chi connectivity index (χ1v) is 9.75. The van der Waals surface area contributed by atoms with Gasteiger partial charge in [-0.1, -0.05) is 12.5 Å². The van der Waals surface area contributed by atoms with Gasteiger partial charge in [0.25, 0.3) is 0 Å². The summed E-state index contributed by atoms with van der Waals surface area (Å²) in [6.45, 7) is 5.35. The molecule has 1 aliphatic carbocycles. The molecule has 0 unspecified atom stereocenters. The van der Waals surface area contributed by atoms with Crippen molar-refractivity contribution in [2.24, 2.45) is 10.4 Å². The average Bonchev–Trinajstić information content (AvgIpc) is 2.58. The Balaban J connectivity index is 0.00000338. The standard InChI is InChI=1S/C19H30BrN3O2.HI/c1-4-21-18(23-14-19(8-5-9-19)10-11-24-2)22-13-15-6-7-17(25-3)16(20)12-15;/h6-7,12H,4-5,8-11,13-14H2,1-3H3,(H2,21,22,23);1H. The lowest BCUT2D eigenvalue weighted by Gasteiger charge is -2.42. The number of hydrogen-bond acceptors (Lipinski definition) is 3. The summed E-state index contributed by atoms with van der Waals surface area (Å²) < 4.78 is 11.5. The van der Waals surface area contributed by atoms with Gasteiger partial charge in [0.1, 0.15) is 5.75 Å². The van der Waals surface area contributed by atoms with E-state index in [2.05, 4.69) is 39.6 Å². The van der Waals surface area contributed by atoms with Gasteiger partial charge in [0, 0.05) is 26.8 Å². The Labute approximate surface area is 182 Å². The predicted molar refractivity (Wildman–Crippen MR) is 122 cm³/mol. The molecule has 0 aromatic heterocycles. The molecular weight excluding hydrogens is 509 g/mol. The van der Waals surface area contributed by atoms with E-state index in [9.17, 15) is 0 Å². The number of nitrogens with one attached hydrogen (secondary N) is 2. The Morgan fingerprint density at radius 2 is 2.04 bits per heavy atom. The molecule has 0 heterocycles. The zero-order valence-corrected chi connectivity index (χ0v) is 19.9. The molecule has 0 saturated heterocycles. The molecule has 0 bridgehead atoms. The van der Waals surface area contributed by atoms with Crippen molar-refractivity contribution >= 4 is 45.9 Å². The molecule has 1 aromatic rings. The van der Waals surface area contributed by atoms with E-state index in [0.717, 1.165) is 47.9 Å². The molecule has 1 aromatic carbocycles. The normalized spacial score (nSPS) is 15.6. The highest BCUT2D eigenvalue weighted by Crippen LogP contribution is 2.43. The molecular formula is C19H31BrIN3O2. The van der Waals surface area contributed by atoms with Gasteiger partial charge in [0.2, 0.25) is 0 Å². The molecule has 2 rings (SSSR count). The maximum atomic E-state index is 5.27. The minimum absolute atomic E-state index is 0. The minimum atomic E-state index is 0. The number of hydrogen-bond donors (Lipinski definition) is 2. The van der Waals surface area contributed by atoms with Crippen LogP contribution in [0.1, 0.15) is 38.2 Å². The largest absolute Gasteiger partial charge is 0.496 e. The van der Waals surface area contributed by atoms with Gasteiger partial charge in [-0.15, -0.1) is 24.0 Å². The molecule has 7 heteroatoms. The second-order valence-corrected chi connectivity index (χ2v) is 7.47. The Kier molecular flexibility index (Phi) is 10.9. The van der Waals surface area contributed by atoms with Crippen molar-refractivity contribution in [1.29, 1.82) is 0 Å². The number of guanidine groups is 1. The maximum Gasteiger partial charge on any atom is 0.191 e. The molecule has 0 spiro atoms. The summed E-state index contributed by atoms with van der Waals surface area (Å²) >= 11 is 3.53. The van der Waals surface area contributed by atoms with Crippen molar-refractivity contribution < 1.29 is 9.47 Å². The van der Waals surface area contributed by atoms with Crippen LogP contribution in [0.2, 0.25) is 0 Å². The van der Waals surface area contributed by atoms with Crippen LogP contribution in [0.4, 0.5) is 0 Å². The number of methoxy groups -OCH3 is 2. The summed E-state index contributed by atoms with van der Waals surface area (Å²) in [5.41, 5.74) is 1.51. The number of aliphatic imine (C=N–C) groups is 1. The molecule has 1 saturated carbocycles. The summed E-state index contributed by atoms with van der Waals surface area (Å²) in [5.74, 6) is 1.71. The van der Waals surface area contributed by atoms with Crippen molar-refractivity contribution in [3.05, 3.63) is 28.2 Å². The van der Waals surface area contributed by atoms with E-state index in [4.69, 9.17) is 14.5 Å². The highest BCUT2D eigenvalue weighted by molar-refractivity contribution is 14.0. The topological polar surface area (TPSA) is 54.9 Å². The van der Waals surface area contributed by atoms with E-state index >= 15 is 0 Å². The molecule has 0 amide bonds. The summed E-state index contributed by atoms with van der Waals surface area (Å²) in [7, 11) is 3.45. The highest BCUT2D eigenvalue weighted by Gasteiger charge is 2.36. The van der Waals surface area contributed by atoms with Gasteiger partial charge in [-0.25, -0.2) is 4.99 Å². The fraction of sp³-hybridized carbons (Fsp3) is 0.632. The van der Waals surface area contributed by atoms with Crippen LogP contribution in [-0.4, -0.2) is 39.9 Å². The molecule has 5 nitrogen and oxygen atoms in total. The van der Waals surface area contributed by atoms with Gasteiger partial charge >= 0.3 is 0 Å². The first kappa shape index (κ1) is 23.5. The third-order valence-electron chi connectivity index (χ3n) is 4.86. The zero-order valence-electron chi connectivity index (χ0n) is 15.9. The Hall–Kier alpha value is -0.540. The lowest BCUT2D eigenvalue weighted by atomic mass is 9.67. The van der Waals surface area contributed by atoms with E-state index in [1.807, 2.05) is 12.1 Å². The molecule has 0 aliphatic heterocycles. The van der Waals surface area contributed by atoms with Crippen molar-refractivity contribution in [2.75, 3.05) is 33.9 Å². The minimum Gasteiger partial charge on any atom is -0.496 e. The van der Waals surface area contributed by atoms with Gasteiger partial charge < -0.3 is 20.1 Å². The fourth-order valence-electron chi connectivity index (χ4n) is 3.10. The zero-order chi connectivity index (χ0) is 18.1. The van der Waals surface area contributed by atoms with E-state index in [0.29, 0.717) is 12.0 Å². The Morgan fingerprint density at radius 1 is 1.27 bits per heavy atom. The van der Waals surface area contributed by atoms with E-state index < -0.39 is 0 Å². The van der Waals surface area contributed by atoms with Gasteiger partial charge in [-0.2, -0.15) is 0 Å². The third-order valence-corrected chi connectivity index (χ3v) is 5.48. The monoisotopic (exact) mass is 539 g/mol.